The third kappa shape index (κ3) is 5.43. The summed E-state index contributed by atoms with van der Waals surface area (Å²) in [6.45, 7) is 10.3. The number of nitrogens with two attached hydrogens (primary N) is 1. The maximum atomic E-state index is 12.3. The molecule has 1 saturated heterocycles. The minimum atomic E-state index is -0.189. The van der Waals surface area contributed by atoms with E-state index >= 15 is 0 Å². The molecule has 0 aromatic carbocycles. The van der Waals surface area contributed by atoms with E-state index in [0.717, 1.165) is 12.8 Å². The van der Waals surface area contributed by atoms with E-state index in [9.17, 15) is 4.79 Å². The summed E-state index contributed by atoms with van der Waals surface area (Å²) in [6, 6.07) is 0.690. The van der Waals surface area contributed by atoms with Crippen molar-refractivity contribution in [1.29, 1.82) is 0 Å². The van der Waals surface area contributed by atoms with Crippen LogP contribution in [0.4, 0.5) is 0 Å². The van der Waals surface area contributed by atoms with Crippen LogP contribution in [0, 0.1) is 0 Å². The molecule has 1 aliphatic heterocycles. The van der Waals surface area contributed by atoms with Gasteiger partial charge in [0, 0.05) is 12.1 Å². The number of carbonyl (C=O) groups excluding carboxylic acids is 1. The predicted octanol–water partition coefficient (Wildman–Crippen LogP) is 2.62. The molecule has 0 spiro atoms. The number of amidine groups is 1. The SMILES string of the molecule is C[C@@H]1CCC[C@@H](C)N1C(=O)CSC(N)=NC(C)(C)C. The third-order valence-corrected chi connectivity index (χ3v) is 4.05. The Balaban J connectivity index is 2.53. The second kappa shape index (κ2) is 6.64. The zero-order valence-electron chi connectivity index (χ0n) is 12.8. The van der Waals surface area contributed by atoms with Crippen molar-refractivity contribution in [2.24, 2.45) is 10.7 Å². The maximum absolute atomic E-state index is 12.3. The van der Waals surface area contributed by atoms with Crippen LogP contribution in [0.1, 0.15) is 53.9 Å². The number of likely N-dealkylation sites (tertiary alicyclic amines) is 1. The zero-order valence-corrected chi connectivity index (χ0v) is 13.6. The van der Waals surface area contributed by atoms with E-state index in [4.69, 9.17) is 5.73 Å². The van der Waals surface area contributed by atoms with Crippen molar-refractivity contribution < 1.29 is 4.79 Å². The fourth-order valence-corrected chi connectivity index (χ4v) is 3.24. The summed E-state index contributed by atoms with van der Waals surface area (Å²) >= 11 is 1.35. The van der Waals surface area contributed by atoms with Crippen LogP contribution >= 0.6 is 11.8 Å². The summed E-state index contributed by atoms with van der Waals surface area (Å²) in [5.74, 6) is 0.567. The van der Waals surface area contributed by atoms with Crippen LogP contribution in [0.2, 0.25) is 0 Å². The molecule has 0 aromatic heterocycles. The van der Waals surface area contributed by atoms with Gasteiger partial charge in [0.1, 0.15) is 0 Å². The summed E-state index contributed by atoms with van der Waals surface area (Å²) in [6.07, 6.45) is 3.42. The van der Waals surface area contributed by atoms with Gasteiger partial charge in [-0.3, -0.25) is 9.79 Å². The second-order valence-electron chi connectivity index (χ2n) is 6.34. The largest absolute Gasteiger partial charge is 0.379 e. The summed E-state index contributed by atoms with van der Waals surface area (Å²) in [5, 5.41) is 0.498. The average Bonchev–Trinajstić information content (AvgIpc) is 2.23. The van der Waals surface area contributed by atoms with Crippen molar-refractivity contribution in [3.8, 4) is 0 Å². The Labute approximate surface area is 121 Å². The molecule has 4 nitrogen and oxygen atoms in total. The monoisotopic (exact) mass is 285 g/mol. The minimum Gasteiger partial charge on any atom is -0.379 e. The van der Waals surface area contributed by atoms with Crippen molar-refractivity contribution in [3.05, 3.63) is 0 Å². The van der Waals surface area contributed by atoms with E-state index in [1.54, 1.807) is 0 Å². The maximum Gasteiger partial charge on any atom is 0.233 e. The van der Waals surface area contributed by atoms with Gasteiger partial charge in [0.05, 0.1) is 11.3 Å². The Kier molecular flexibility index (Phi) is 5.71. The number of thioether (sulfide) groups is 1. The van der Waals surface area contributed by atoms with Gasteiger partial charge < -0.3 is 10.6 Å². The predicted molar refractivity (Wildman–Crippen MR) is 83.5 cm³/mol. The normalized spacial score (nSPS) is 25.5. The number of carbonyl (C=O) groups is 1. The van der Waals surface area contributed by atoms with E-state index < -0.39 is 0 Å². The number of nitrogens with zero attached hydrogens (tertiary/aromatic N) is 2. The molecule has 0 saturated carbocycles. The molecule has 0 aliphatic carbocycles. The smallest absolute Gasteiger partial charge is 0.233 e. The van der Waals surface area contributed by atoms with Crippen molar-refractivity contribution in [3.63, 3.8) is 0 Å². The molecule has 1 amide bonds. The molecule has 1 rings (SSSR count). The number of hydrogen-bond acceptors (Lipinski definition) is 3. The molecule has 5 heteroatoms. The highest BCUT2D eigenvalue weighted by Crippen LogP contribution is 2.23. The van der Waals surface area contributed by atoms with Crippen LogP contribution in [0.3, 0.4) is 0 Å². The van der Waals surface area contributed by atoms with Gasteiger partial charge in [-0.25, -0.2) is 0 Å². The Morgan fingerprint density at radius 3 is 2.32 bits per heavy atom. The van der Waals surface area contributed by atoms with Gasteiger partial charge >= 0.3 is 0 Å². The minimum absolute atomic E-state index is 0.178. The van der Waals surface area contributed by atoms with E-state index in [1.165, 1.54) is 18.2 Å². The molecular formula is C14H27N3OS. The number of amides is 1. The zero-order chi connectivity index (χ0) is 14.6. The summed E-state index contributed by atoms with van der Waals surface area (Å²) < 4.78 is 0. The van der Waals surface area contributed by atoms with Gasteiger partial charge in [-0.15, -0.1) is 0 Å². The molecule has 1 heterocycles. The molecule has 1 fully saturated rings. The van der Waals surface area contributed by atoms with Gasteiger partial charge in [-0.1, -0.05) is 11.8 Å². The van der Waals surface area contributed by atoms with Crippen molar-refractivity contribution >= 4 is 22.8 Å². The van der Waals surface area contributed by atoms with E-state index in [-0.39, 0.29) is 11.4 Å². The van der Waals surface area contributed by atoms with Crippen molar-refractivity contribution in [2.45, 2.75) is 71.5 Å². The standard InChI is InChI=1S/C14H27N3OS/c1-10-7-6-8-11(2)17(10)12(18)9-19-13(15)16-14(3,4)5/h10-11H,6-9H2,1-5H3,(H2,15,16)/t10-,11-/m1/s1. The van der Waals surface area contributed by atoms with Crippen LogP contribution in [0.5, 0.6) is 0 Å². The summed E-state index contributed by atoms with van der Waals surface area (Å²) in [5.41, 5.74) is 5.66. The van der Waals surface area contributed by atoms with E-state index in [2.05, 4.69) is 18.8 Å². The Morgan fingerprint density at radius 2 is 1.84 bits per heavy atom. The first kappa shape index (κ1) is 16.3. The first-order valence-corrected chi connectivity index (χ1v) is 7.98. The van der Waals surface area contributed by atoms with Gasteiger partial charge in [-0.2, -0.15) is 0 Å². The number of hydrogen-bond donors (Lipinski definition) is 1. The molecular weight excluding hydrogens is 258 g/mol. The van der Waals surface area contributed by atoms with Crippen LogP contribution in [-0.4, -0.2) is 39.4 Å². The van der Waals surface area contributed by atoms with Gasteiger partial charge in [0.2, 0.25) is 5.91 Å². The molecule has 2 atom stereocenters. The molecule has 0 bridgehead atoms. The highest BCUT2D eigenvalue weighted by atomic mass is 32.2. The summed E-state index contributed by atoms with van der Waals surface area (Å²) in [7, 11) is 0. The Hall–Kier alpha value is -0.710. The lowest BCUT2D eigenvalue weighted by Gasteiger charge is -2.39. The molecule has 110 valence electrons. The second-order valence-corrected chi connectivity index (χ2v) is 7.34. The molecule has 0 aromatic rings. The molecule has 2 N–H and O–H groups in total. The molecule has 0 radical (unpaired) electrons. The Morgan fingerprint density at radius 1 is 1.32 bits per heavy atom. The fraction of sp³-hybridized carbons (Fsp3) is 0.857. The first-order chi connectivity index (χ1) is 8.70. The lowest BCUT2D eigenvalue weighted by atomic mass is 9.98. The quantitative estimate of drug-likeness (QED) is 0.627. The number of rotatable bonds is 2. The lowest BCUT2D eigenvalue weighted by Crippen LogP contribution is -2.48. The summed E-state index contributed by atoms with van der Waals surface area (Å²) in [4.78, 5) is 18.6. The van der Waals surface area contributed by atoms with E-state index in [1.807, 2.05) is 25.7 Å². The average molecular weight is 285 g/mol. The van der Waals surface area contributed by atoms with Gasteiger partial charge in [0.15, 0.2) is 5.17 Å². The van der Waals surface area contributed by atoms with Crippen LogP contribution < -0.4 is 5.73 Å². The van der Waals surface area contributed by atoms with Crippen LogP contribution in [0.25, 0.3) is 0 Å². The van der Waals surface area contributed by atoms with Crippen molar-refractivity contribution in [2.75, 3.05) is 5.75 Å². The van der Waals surface area contributed by atoms with Crippen molar-refractivity contribution in [1.82, 2.24) is 4.90 Å². The highest BCUT2D eigenvalue weighted by Gasteiger charge is 2.28. The molecule has 0 unspecified atom stereocenters. The lowest BCUT2D eigenvalue weighted by molar-refractivity contribution is -0.134. The molecule has 1 aliphatic rings. The highest BCUT2D eigenvalue weighted by molar-refractivity contribution is 8.14. The van der Waals surface area contributed by atoms with E-state index in [0.29, 0.717) is 23.0 Å². The number of piperidine rings is 1. The molecule has 19 heavy (non-hydrogen) atoms. The fourth-order valence-electron chi connectivity index (χ4n) is 2.49. The topological polar surface area (TPSA) is 58.7 Å². The first-order valence-electron chi connectivity index (χ1n) is 7.00. The van der Waals surface area contributed by atoms with Crippen LogP contribution in [0.15, 0.2) is 4.99 Å². The van der Waals surface area contributed by atoms with Gasteiger partial charge in [-0.05, 0) is 53.9 Å². The van der Waals surface area contributed by atoms with Crippen LogP contribution in [-0.2, 0) is 4.79 Å². The number of aliphatic imine (C=N–C) groups is 1. The Bertz CT molecular complexity index is 339. The third-order valence-electron chi connectivity index (χ3n) is 3.27. The van der Waals surface area contributed by atoms with Gasteiger partial charge in [0.25, 0.3) is 0 Å².